The van der Waals surface area contributed by atoms with E-state index in [-0.39, 0.29) is 0 Å². The molecule has 1 heterocycles. The van der Waals surface area contributed by atoms with E-state index in [0.717, 1.165) is 5.69 Å². The van der Waals surface area contributed by atoms with Crippen molar-refractivity contribution in [2.24, 2.45) is 7.05 Å². The van der Waals surface area contributed by atoms with Crippen LogP contribution in [0.1, 0.15) is 11.3 Å². The quantitative estimate of drug-likeness (QED) is 0.886. The highest BCUT2D eigenvalue weighted by molar-refractivity contribution is 6.30. The first-order chi connectivity index (χ1) is 8.11. The van der Waals surface area contributed by atoms with Gasteiger partial charge in [-0.25, -0.2) is 0 Å². The Kier molecular flexibility index (Phi) is 3.03. The molecule has 0 bridgehead atoms. The van der Waals surface area contributed by atoms with Crippen molar-refractivity contribution in [3.05, 3.63) is 40.5 Å². The molecule has 2 rings (SSSR count). The van der Waals surface area contributed by atoms with Crippen LogP contribution in [0.2, 0.25) is 5.02 Å². The maximum atomic E-state index is 9.07. The molecule has 0 fully saturated rings. The summed E-state index contributed by atoms with van der Waals surface area (Å²) in [5.41, 5.74) is 2.14. The third-order valence-electron chi connectivity index (χ3n) is 2.44. The van der Waals surface area contributed by atoms with Crippen molar-refractivity contribution in [3.8, 4) is 6.07 Å². The van der Waals surface area contributed by atoms with Gasteiger partial charge in [-0.15, -0.1) is 0 Å². The van der Waals surface area contributed by atoms with Gasteiger partial charge in [0, 0.05) is 17.8 Å². The number of rotatable bonds is 2. The normalized spacial score (nSPS) is 10.0. The van der Waals surface area contributed by atoms with Crippen molar-refractivity contribution in [2.45, 2.75) is 6.92 Å². The van der Waals surface area contributed by atoms with Gasteiger partial charge in [-0.05, 0) is 31.2 Å². The molecule has 0 aliphatic heterocycles. The first-order valence-corrected chi connectivity index (χ1v) is 5.46. The van der Waals surface area contributed by atoms with Crippen molar-refractivity contribution in [3.63, 3.8) is 0 Å². The molecular formula is C12H11ClN4. The fraction of sp³-hybridized carbons (Fsp3) is 0.167. The fourth-order valence-corrected chi connectivity index (χ4v) is 1.73. The molecule has 0 spiro atoms. The highest BCUT2D eigenvalue weighted by Crippen LogP contribution is 2.23. The molecule has 86 valence electrons. The average molecular weight is 247 g/mol. The zero-order valence-electron chi connectivity index (χ0n) is 9.53. The van der Waals surface area contributed by atoms with E-state index in [1.165, 1.54) is 0 Å². The molecule has 0 amide bonds. The molecule has 1 N–H and O–H groups in total. The van der Waals surface area contributed by atoms with Crippen LogP contribution in [0.3, 0.4) is 0 Å². The Bertz CT molecular complexity index is 578. The van der Waals surface area contributed by atoms with Gasteiger partial charge in [0.1, 0.15) is 17.5 Å². The van der Waals surface area contributed by atoms with Gasteiger partial charge >= 0.3 is 0 Å². The van der Waals surface area contributed by atoms with Crippen molar-refractivity contribution in [2.75, 3.05) is 5.32 Å². The molecule has 0 aliphatic carbocycles. The maximum absolute atomic E-state index is 9.07. The van der Waals surface area contributed by atoms with Gasteiger partial charge in [-0.3, -0.25) is 4.68 Å². The average Bonchev–Trinajstić information content (AvgIpc) is 2.57. The van der Waals surface area contributed by atoms with Crippen LogP contribution in [-0.2, 0) is 7.05 Å². The number of nitrogens with one attached hydrogen (secondary N) is 1. The van der Waals surface area contributed by atoms with E-state index in [1.807, 2.05) is 19.1 Å². The van der Waals surface area contributed by atoms with E-state index < -0.39 is 0 Å². The summed E-state index contributed by atoms with van der Waals surface area (Å²) in [5, 5.41) is 17.1. The lowest BCUT2D eigenvalue weighted by atomic mass is 10.2. The van der Waals surface area contributed by atoms with Gasteiger partial charge in [0.05, 0.1) is 5.69 Å². The Balaban J connectivity index is 2.36. The van der Waals surface area contributed by atoms with Crippen LogP contribution < -0.4 is 5.32 Å². The lowest BCUT2D eigenvalue weighted by Crippen LogP contribution is -2.00. The predicted molar refractivity (Wildman–Crippen MR) is 67.4 cm³/mol. The molecule has 2 aromatic rings. The van der Waals surface area contributed by atoms with Gasteiger partial charge in [-0.1, -0.05) is 11.6 Å². The van der Waals surface area contributed by atoms with E-state index >= 15 is 0 Å². The van der Waals surface area contributed by atoms with Crippen LogP contribution in [0, 0.1) is 18.3 Å². The Hall–Kier alpha value is -1.99. The SMILES string of the molecule is Cc1nn(C)c(Nc2ccc(Cl)cc2)c1C#N. The number of aromatic nitrogens is 2. The van der Waals surface area contributed by atoms with Crippen LogP contribution >= 0.6 is 11.6 Å². The summed E-state index contributed by atoms with van der Waals surface area (Å²) in [6.07, 6.45) is 0. The minimum absolute atomic E-state index is 0.558. The Morgan fingerprint density at radius 2 is 2.00 bits per heavy atom. The van der Waals surface area contributed by atoms with E-state index in [1.54, 1.807) is 23.9 Å². The topological polar surface area (TPSA) is 53.6 Å². The summed E-state index contributed by atoms with van der Waals surface area (Å²) >= 11 is 5.81. The first-order valence-electron chi connectivity index (χ1n) is 5.08. The molecule has 1 aromatic carbocycles. The summed E-state index contributed by atoms with van der Waals surface area (Å²) < 4.78 is 1.66. The monoisotopic (exact) mass is 246 g/mol. The summed E-state index contributed by atoms with van der Waals surface area (Å²) in [6.45, 7) is 1.81. The zero-order valence-corrected chi connectivity index (χ0v) is 10.3. The number of hydrogen-bond donors (Lipinski definition) is 1. The number of hydrogen-bond acceptors (Lipinski definition) is 3. The van der Waals surface area contributed by atoms with Crippen molar-refractivity contribution in [1.82, 2.24) is 9.78 Å². The summed E-state index contributed by atoms with van der Waals surface area (Å²) in [5.74, 6) is 0.687. The van der Waals surface area contributed by atoms with Gasteiger partial charge in [0.15, 0.2) is 0 Å². The van der Waals surface area contributed by atoms with Crippen molar-refractivity contribution < 1.29 is 0 Å². The molecule has 0 atom stereocenters. The predicted octanol–water partition coefficient (Wildman–Crippen LogP) is 3.00. The second kappa shape index (κ2) is 4.48. The molecule has 17 heavy (non-hydrogen) atoms. The largest absolute Gasteiger partial charge is 0.339 e. The lowest BCUT2D eigenvalue weighted by molar-refractivity contribution is 0.765. The highest BCUT2D eigenvalue weighted by atomic mass is 35.5. The van der Waals surface area contributed by atoms with E-state index in [9.17, 15) is 0 Å². The van der Waals surface area contributed by atoms with Crippen molar-refractivity contribution in [1.29, 1.82) is 5.26 Å². The summed E-state index contributed by atoms with van der Waals surface area (Å²) in [4.78, 5) is 0. The zero-order chi connectivity index (χ0) is 12.4. The standard InChI is InChI=1S/C12H11ClN4/c1-8-11(7-14)12(17(2)16-8)15-10-5-3-9(13)4-6-10/h3-6,15H,1-2H3. The summed E-state index contributed by atoms with van der Waals surface area (Å²) in [7, 11) is 1.80. The molecule has 0 unspecified atom stereocenters. The molecule has 0 saturated heterocycles. The maximum Gasteiger partial charge on any atom is 0.146 e. The molecule has 0 saturated carbocycles. The minimum Gasteiger partial charge on any atom is -0.339 e. The molecule has 0 aliphatic rings. The minimum atomic E-state index is 0.558. The molecule has 5 heteroatoms. The van der Waals surface area contributed by atoms with Gasteiger partial charge in [-0.2, -0.15) is 10.4 Å². The number of nitriles is 1. The Morgan fingerprint density at radius 3 is 2.59 bits per heavy atom. The second-order valence-corrected chi connectivity index (χ2v) is 4.11. The fourth-order valence-electron chi connectivity index (χ4n) is 1.61. The van der Waals surface area contributed by atoms with Crippen molar-refractivity contribution >= 4 is 23.1 Å². The lowest BCUT2D eigenvalue weighted by Gasteiger charge is -2.06. The van der Waals surface area contributed by atoms with Crippen LogP contribution in [0.4, 0.5) is 11.5 Å². The highest BCUT2D eigenvalue weighted by Gasteiger charge is 2.12. The Morgan fingerprint density at radius 1 is 1.35 bits per heavy atom. The molecule has 4 nitrogen and oxygen atoms in total. The second-order valence-electron chi connectivity index (χ2n) is 3.68. The number of anilines is 2. The third-order valence-corrected chi connectivity index (χ3v) is 2.69. The molecular weight excluding hydrogens is 236 g/mol. The number of benzene rings is 1. The number of aryl methyl sites for hydroxylation is 2. The third kappa shape index (κ3) is 2.24. The van der Waals surface area contributed by atoms with Gasteiger partial charge in [0.25, 0.3) is 0 Å². The number of nitrogens with zero attached hydrogens (tertiary/aromatic N) is 3. The Labute approximate surface area is 104 Å². The van der Waals surface area contributed by atoms with Gasteiger partial charge in [0.2, 0.25) is 0 Å². The molecule has 0 radical (unpaired) electrons. The first kappa shape index (κ1) is 11.5. The van der Waals surface area contributed by atoms with E-state index in [2.05, 4.69) is 16.5 Å². The van der Waals surface area contributed by atoms with Gasteiger partial charge < -0.3 is 5.32 Å². The summed E-state index contributed by atoms with van der Waals surface area (Å²) in [6, 6.07) is 9.43. The number of halogens is 1. The van der Waals surface area contributed by atoms with Crippen LogP contribution in [0.25, 0.3) is 0 Å². The van der Waals surface area contributed by atoms with E-state index in [4.69, 9.17) is 16.9 Å². The smallest absolute Gasteiger partial charge is 0.146 e. The van der Waals surface area contributed by atoms with Crippen LogP contribution in [0.5, 0.6) is 0 Å². The molecule has 1 aromatic heterocycles. The van der Waals surface area contributed by atoms with E-state index in [0.29, 0.717) is 22.1 Å². The van der Waals surface area contributed by atoms with Crippen LogP contribution in [-0.4, -0.2) is 9.78 Å². The van der Waals surface area contributed by atoms with Crippen LogP contribution in [0.15, 0.2) is 24.3 Å².